The number of anilines is 1. The first kappa shape index (κ1) is 30.5. The maximum Gasteiger partial charge on any atom is 0.416 e. The Balaban J connectivity index is 1.46. The van der Waals surface area contributed by atoms with E-state index in [-0.39, 0.29) is 12.3 Å². The number of rotatable bonds is 10. The molecule has 0 spiro atoms. The van der Waals surface area contributed by atoms with E-state index in [0.29, 0.717) is 53.7 Å². The minimum atomic E-state index is -4.61. The fourth-order valence-corrected chi connectivity index (χ4v) is 4.21. The minimum absolute atomic E-state index is 0.0680. The molecule has 4 rings (SSSR count). The molecule has 2 amide bonds. The SMILES string of the molecule is C=C(/C=C\C(=C/CNC(=O)Nc1ccc(Oc2cc(C)nc(CN3CCOCC3)n2)c2ccccc12)C(F)(F)F)OC. The van der Waals surface area contributed by atoms with Crippen LogP contribution < -0.4 is 15.4 Å². The molecule has 0 aliphatic carbocycles. The summed E-state index contributed by atoms with van der Waals surface area (Å²) in [7, 11) is 1.30. The third kappa shape index (κ3) is 8.54. The van der Waals surface area contributed by atoms with Crippen molar-refractivity contribution in [1.29, 1.82) is 0 Å². The lowest BCUT2D eigenvalue weighted by molar-refractivity contribution is -0.0884. The lowest BCUT2D eigenvalue weighted by atomic mass is 10.1. The second-order valence-corrected chi connectivity index (χ2v) is 9.41. The molecule has 2 N–H and O–H groups in total. The zero-order chi connectivity index (χ0) is 30.1. The number of morpholine rings is 1. The van der Waals surface area contributed by atoms with Crippen molar-refractivity contribution in [1.82, 2.24) is 20.2 Å². The quantitative estimate of drug-likeness (QED) is 0.227. The number of urea groups is 1. The standard InChI is InChI=1S/C30H32F3N5O4/c1-20-18-28(37-27(35-20)19-38-14-16-41-17-15-38)42-26-11-10-25(23-6-4-5-7-24(23)26)36-29(39)34-13-12-22(30(31,32)33)9-8-21(2)40-3/h4-12,18H,2,13-17,19H2,1,3H3,(H2,34,36,39)/b9-8-,22-12+. The smallest absolute Gasteiger partial charge is 0.416 e. The van der Waals surface area contributed by atoms with Gasteiger partial charge in [-0.25, -0.2) is 9.78 Å². The zero-order valence-electron chi connectivity index (χ0n) is 23.3. The summed E-state index contributed by atoms with van der Waals surface area (Å²) in [6, 6.07) is 11.7. The summed E-state index contributed by atoms with van der Waals surface area (Å²) in [5.74, 6) is 1.63. The van der Waals surface area contributed by atoms with Crippen LogP contribution in [0.1, 0.15) is 11.5 Å². The van der Waals surface area contributed by atoms with Crippen LogP contribution in [-0.2, 0) is 16.0 Å². The monoisotopic (exact) mass is 583 g/mol. The third-order valence-electron chi connectivity index (χ3n) is 6.32. The van der Waals surface area contributed by atoms with Crippen molar-refractivity contribution in [2.24, 2.45) is 0 Å². The van der Waals surface area contributed by atoms with Crippen molar-refractivity contribution in [2.75, 3.05) is 45.3 Å². The van der Waals surface area contributed by atoms with Crippen molar-refractivity contribution in [3.8, 4) is 11.6 Å². The van der Waals surface area contributed by atoms with Gasteiger partial charge in [0.05, 0.1) is 38.1 Å². The molecule has 0 atom stereocenters. The van der Waals surface area contributed by atoms with Gasteiger partial charge in [0, 0.05) is 42.2 Å². The number of nitrogens with one attached hydrogen (secondary N) is 2. The number of hydrogen-bond donors (Lipinski definition) is 2. The molecule has 1 aromatic heterocycles. The molecule has 1 aliphatic rings. The molecule has 9 nitrogen and oxygen atoms in total. The number of aromatic nitrogens is 2. The number of fused-ring (bicyclic) bond motifs is 1. The number of methoxy groups -OCH3 is 1. The second-order valence-electron chi connectivity index (χ2n) is 9.41. The Bertz CT molecular complexity index is 1480. The van der Waals surface area contributed by atoms with Gasteiger partial charge in [-0.2, -0.15) is 18.2 Å². The van der Waals surface area contributed by atoms with Crippen LogP contribution in [0.25, 0.3) is 10.8 Å². The first-order valence-electron chi connectivity index (χ1n) is 13.2. The molecule has 0 saturated carbocycles. The van der Waals surface area contributed by atoms with E-state index in [1.54, 1.807) is 18.2 Å². The third-order valence-corrected chi connectivity index (χ3v) is 6.32. The zero-order valence-corrected chi connectivity index (χ0v) is 23.3. The summed E-state index contributed by atoms with van der Waals surface area (Å²) < 4.78 is 56.3. The number of alkyl halides is 3. The average molecular weight is 584 g/mol. The van der Waals surface area contributed by atoms with E-state index >= 15 is 0 Å². The van der Waals surface area contributed by atoms with Gasteiger partial charge in [-0.3, -0.25) is 4.90 Å². The summed E-state index contributed by atoms with van der Waals surface area (Å²) >= 11 is 0. The number of carbonyl (C=O) groups excluding carboxylic acids is 1. The van der Waals surface area contributed by atoms with E-state index in [1.165, 1.54) is 7.11 Å². The first-order valence-corrected chi connectivity index (χ1v) is 13.2. The van der Waals surface area contributed by atoms with Crippen LogP contribution in [0.5, 0.6) is 11.6 Å². The normalized spacial score (nSPS) is 14.6. The number of aryl methyl sites for hydroxylation is 1. The Kier molecular flexibility index (Phi) is 10.2. The Morgan fingerprint density at radius 3 is 2.57 bits per heavy atom. The Labute approximate surface area is 241 Å². The number of allylic oxidation sites excluding steroid dienone is 3. The molecule has 0 unspecified atom stereocenters. The van der Waals surface area contributed by atoms with E-state index < -0.39 is 17.8 Å². The number of halogens is 3. The van der Waals surface area contributed by atoms with Crippen LogP contribution in [-0.4, -0.2) is 67.0 Å². The van der Waals surface area contributed by atoms with E-state index in [0.717, 1.165) is 37.0 Å². The molecule has 222 valence electrons. The first-order chi connectivity index (χ1) is 20.1. The molecule has 42 heavy (non-hydrogen) atoms. The van der Waals surface area contributed by atoms with Crippen molar-refractivity contribution in [3.63, 3.8) is 0 Å². The molecule has 0 bridgehead atoms. The van der Waals surface area contributed by atoms with E-state index in [9.17, 15) is 18.0 Å². The van der Waals surface area contributed by atoms with Gasteiger partial charge in [0.15, 0.2) is 0 Å². The summed E-state index contributed by atoms with van der Waals surface area (Å²) in [5, 5.41) is 6.52. The summed E-state index contributed by atoms with van der Waals surface area (Å²) in [5.41, 5.74) is 0.282. The molecule has 2 heterocycles. The maximum atomic E-state index is 13.3. The highest BCUT2D eigenvalue weighted by molar-refractivity contribution is 6.03. The Morgan fingerprint density at radius 1 is 1.12 bits per heavy atom. The number of hydrogen-bond acceptors (Lipinski definition) is 7. The van der Waals surface area contributed by atoms with Gasteiger partial charge in [-0.05, 0) is 31.2 Å². The fraction of sp³-hybridized carbons (Fsp3) is 0.300. The van der Waals surface area contributed by atoms with Crippen LogP contribution in [0.2, 0.25) is 0 Å². The highest BCUT2D eigenvalue weighted by atomic mass is 19.4. The number of ether oxygens (including phenoxy) is 3. The van der Waals surface area contributed by atoms with Crippen LogP contribution >= 0.6 is 0 Å². The number of nitrogens with zero attached hydrogens (tertiary/aromatic N) is 3. The Hall–Kier alpha value is -4.42. The van der Waals surface area contributed by atoms with Crippen molar-refractivity contribution in [3.05, 3.63) is 90.1 Å². The topological polar surface area (TPSA) is 97.8 Å². The summed E-state index contributed by atoms with van der Waals surface area (Å²) in [6.45, 7) is 8.52. The molecule has 0 radical (unpaired) electrons. The Morgan fingerprint density at radius 2 is 1.86 bits per heavy atom. The van der Waals surface area contributed by atoms with E-state index in [1.807, 2.05) is 31.2 Å². The van der Waals surface area contributed by atoms with Crippen LogP contribution in [0, 0.1) is 6.92 Å². The second kappa shape index (κ2) is 14.0. The van der Waals surface area contributed by atoms with Gasteiger partial charge >= 0.3 is 12.2 Å². The molecule has 2 aromatic carbocycles. The molecule has 1 fully saturated rings. The van der Waals surface area contributed by atoms with Gasteiger partial charge in [-0.15, -0.1) is 0 Å². The van der Waals surface area contributed by atoms with Crippen LogP contribution in [0.3, 0.4) is 0 Å². The maximum absolute atomic E-state index is 13.3. The average Bonchev–Trinajstić information content (AvgIpc) is 2.95. The van der Waals surface area contributed by atoms with E-state index in [2.05, 4.69) is 32.1 Å². The lowest BCUT2D eigenvalue weighted by Gasteiger charge is -2.25. The number of amides is 2. The highest BCUT2D eigenvalue weighted by Crippen LogP contribution is 2.34. The minimum Gasteiger partial charge on any atom is -0.497 e. The largest absolute Gasteiger partial charge is 0.497 e. The summed E-state index contributed by atoms with van der Waals surface area (Å²) in [6.07, 6.45) is -1.81. The van der Waals surface area contributed by atoms with Crippen LogP contribution in [0.15, 0.2) is 78.6 Å². The lowest BCUT2D eigenvalue weighted by Crippen LogP contribution is -2.36. The predicted molar refractivity (Wildman–Crippen MR) is 153 cm³/mol. The van der Waals surface area contributed by atoms with Crippen molar-refractivity contribution < 1.29 is 32.2 Å². The van der Waals surface area contributed by atoms with Crippen molar-refractivity contribution >= 4 is 22.5 Å². The molecule has 12 heteroatoms. The van der Waals surface area contributed by atoms with Gasteiger partial charge in [0.1, 0.15) is 17.3 Å². The molecule has 1 saturated heterocycles. The summed E-state index contributed by atoms with van der Waals surface area (Å²) in [4.78, 5) is 23.9. The van der Waals surface area contributed by atoms with Gasteiger partial charge in [0.2, 0.25) is 5.88 Å². The number of benzene rings is 2. The van der Waals surface area contributed by atoms with E-state index in [4.69, 9.17) is 14.2 Å². The molecular weight excluding hydrogens is 551 g/mol. The molecule has 3 aromatic rings. The number of carbonyl (C=O) groups is 1. The van der Waals surface area contributed by atoms with Crippen LogP contribution in [0.4, 0.5) is 23.7 Å². The fourth-order valence-electron chi connectivity index (χ4n) is 4.21. The van der Waals surface area contributed by atoms with Gasteiger partial charge in [-0.1, -0.05) is 36.9 Å². The van der Waals surface area contributed by atoms with Crippen molar-refractivity contribution in [2.45, 2.75) is 19.6 Å². The molecular formula is C30H32F3N5O4. The molecule has 1 aliphatic heterocycles. The highest BCUT2D eigenvalue weighted by Gasteiger charge is 2.31. The van der Waals surface area contributed by atoms with Gasteiger partial charge < -0.3 is 24.8 Å². The van der Waals surface area contributed by atoms with Gasteiger partial charge in [0.25, 0.3) is 0 Å². The predicted octanol–water partition coefficient (Wildman–Crippen LogP) is 5.89.